The number of rotatable bonds is 7. The van der Waals surface area contributed by atoms with Gasteiger partial charge < -0.3 is 14.6 Å². The fourth-order valence-corrected chi connectivity index (χ4v) is 3.57. The number of nitrogens with zero attached hydrogens (tertiary/aromatic N) is 6. The number of nitrogens with one attached hydrogen (secondary N) is 1. The van der Waals surface area contributed by atoms with Gasteiger partial charge in [0.15, 0.2) is 0 Å². The summed E-state index contributed by atoms with van der Waals surface area (Å²) in [6, 6.07) is 6.16. The van der Waals surface area contributed by atoms with Gasteiger partial charge in [-0.2, -0.15) is 15.0 Å². The molecule has 33 heavy (non-hydrogen) atoms. The molecule has 1 fully saturated rings. The van der Waals surface area contributed by atoms with E-state index in [9.17, 15) is 13.6 Å². The summed E-state index contributed by atoms with van der Waals surface area (Å²) in [7, 11) is 0. The number of cyclic esters (lactones) is 1. The van der Waals surface area contributed by atoms with Gasteiger partial charge in [-0.25, -0.2) is 23.5 Å². The second-order valence-electron chi connectivity index (χ2n) is 7.76. The van der Waals surface area contributed by atoms with Crippen molar-refractivity contribution in [3.8, 4) is 5.69 Å². The highest BCUT2D eigenvalue weighted by Crippen LogP contribution is 2.28. The summed E-state index contributed by atoms with van der Waals surface area (Å²) in [5.74, 6) is -0.636. The fourth-order valence-electron chi connectivity index (χ4n) is 3.44. The van der Waals surface area contributed by atoms with E-state index in [0.717, 1.165) is 10.6 Å². The lowest BCUT2D eigenvalue weighted by Gasteiger charge is -2.24. The molecule has 0 spiro atoms. The number of benzene rings is 1. The maximum absolute atomic E-state index is 13.3. The maximum Gasteiger partial charge on any atom is 0.417 e. The van der Waals surface area contributed by atoms with Crippen LogP contribution in [0.1, 0.15) is 31.4 Å². The van der Waals surface area contributed by atoms with E-state index in [0.29, 0.717) is 16.5 Å². The minimum atomic E-state index is -2.62. The van der Waals surface area contributed by atoms with E-state index < -0.39 is 24.5 Å². The smallest absolute Gasteiger partial charge is 0.417 e. The molecule has 1 aromatic carbocycles. The Kier molecular flexibility index (Phi) is 6.41. The number of aryl methyl sites for hydroxylation is 1. The average Bonchev–Trinajstić information content (AvgIpc) is 3.40. The number of halogens is 3. The number of carbonyl (C=O) groups excluding carboxylic acids is 1. The highest BCUT2D eigenvalue weighted by atomic mass is 35.5. The molecule has 174 valence electrons. The second kappa shape index (κ2) is 9.26. The van der Waals surface area contributed by atoms with Crippen LogP contribution in [-0.2, 0) is 4.74 Å². The summed E-state index contributed by atoms with van der Waals surface area (Å²) in [5, 5.41) is 3.77. The molecule has 9 nitrogen and oxygen atoms in total. The normalized spacial score (nSPS) is 17.8. The minimum absolute atomic E-state index is 0.0381. The van der Waals surface area contributed by atoms with Gasteiger partial charge in [0.25, 0.3) is 0 Å². The highest BCUT2D eigenvalue weighted by molar-refractivity contribution is 6.30. The van der Waals surface area contributed by atoms with Crippen LogP contribution in [-0.4, -0.2) is 49.7 Å². The van der Waals surface area contributed by atoms with Crippen LogP contribution in [0.5, 0.6) is 0 Å². The number of amides is 1. The van der Waals surface area contributed by atoms with Crippen molar-refractivity contribution in [2.75, 3.05) is 16.8 Å². The molecule has 0 saturated carbocycles. The molecule has 1 aliphatic rings. The van der Waals surface area contributed by atoms with Crippen molar-refractivity contribution in [2.45, 2.75) is 39.3 Å². The van der Waals surface area contributed by atoms with Gasteiger partial charge in [0.2, 0.25) is 18.3 Å². The SMILES string of the molecule is Cc1nc(N[C@@H](C)c2cn(-c3ccc(Cl)cc3)cn2)nc(N2C(=O)OC[C@H]2[C@H](C)C(F)F)n1. The minimum Gasteiger partial charge on any atom is -0.447 e. The van der Waals surface area contributed by atoms with Gasteiger partial charge >= 0.3 is 6.09 Å². The third kappa shape index (κ3) is 4.87. The lowest BCUT2D eigenvalue weighted by Crippen LogP contribution is -2.42. The van der Waals surface area contributed by atoms with Crippen molar-refractivity contribution in [1.82, 2.24) is 24.5 Å². The van der Waals surface area contributed by atoms with E-state index in [1.807, 2.05) is 29.8 Å². The third-order valence-electron chi connectivity index (χ3n) is 5.38. The third-order valence-corrected chi connectivity index (χ3v) is 5.63. The molecule has 0 bridgehead atoms. The molecule has 1 aliphatic heterocycles. The number of hydrogen-bond donors (Lipinski definition) is 1. The van der Waals surface area contributed by atoms with Crippen LogP contribution in [0.15, 0.2) is 36.8 Å². The summed E-state index contributed by atoms with van der Waals surface area (Å²) in [5.41, 5.74) is 1.62. The van der Waals surface area contributed by atoms with Gasteiger partial charge in [0.05, 0.1) is 24.1 Å². The van der Waals surface area contributed by atoms with Crippen molar-refractivity contribution >= 4 is 29.6 Å². The number of alkyl halides is 2. The molecular formula is C21H22ClF2N7O2. The Hall–Kier alpha value is -3.34. The van der Waals surface area contributed by atoms with Crippen LogP contribution < -0.4 is 10.2 Å². The largest absolute Gasteiger partial charge is 0.447 e. The molecule has 3 aromatic rings. The van der Waals surface area contributed by atoms with E-state index in [-0.39, 0.29) is 24.5 Å². The number of carbonyl (C=O) groups is 1. The summed E-state index contributed by atoms with van der Waals surface area (Å²) < 4.78 is 33.4. The van der Waals surface area contributed by atoms with Gasteiger partial charge in [-0.3, -0.25) is 0 Å². The highest BCUT2D eigenvalue weighted by Gasteiger charge is 2.42. The molecule has 0 radical (unpaired) electrons. The van der Waals surface area contributed by atoms with Gasteiger partial charge in [0.1, 0.15) is 12.4 Å². The Labute approximate surface area is 193 Å². The van der Waals surface area contributed by atoms with E-state index >= 15 is 0 Å². The van der Waals surface area contributed by atoms with Gasteiger partial charge in [0, 0.05) is 22.8 Å². The number of imidazole rings is 1. The first kappa shape index (κ1) is 22.8. The van der Waals surface area contributed by atoms with Gasteiger partial charge in [-0.15, -0.1) is 0 Å². The molecule has 0 aliphatic carbocycles. The van der Waals surface area contributed by atoms with Crippen molar-refractivity contribution in [3.63, 3.8) is 0 Å². The molecule has 3 atom stereocenters. The molecule has 4 rings (SSSR count). The molecule has 1 N–H and O–H groups in total. The van der Waals surface area contributed by atoms with E-state index in [4.69, 9.17) is 16.3 Å². The molecular weight excluding hydrogens is 456 g/mol. The predicted molar refractivity (Wildman–Crippen MR) is 118 cm³/mol. The van der Waals surface area contributed by atoms with Gasteiger partial charge in [-0.1, -0.05) is 18.5 Å². The van der Waals surface area contributed by atoms with Crippen LogP contribution in [0, 0.1) is 12.8 Å². The summed E-state index contributed by atoms with van der Waals surface area (Å²) in [6.45, 7) is 4.70. The van der Waals surface area contributed by atoms with E-state index in [1.165, 1.54) is 6.92 Å². The number of aromatic nitrogens is 5. The Morgan fingerprint density at radius 3 is 2.61 bits per heavy atom. The van der Waals surface area contributed by atoms with Crippen LogP contribution in [0.4, 0.5) is 25.5 Å². The molecule has 1 amide bonds. The van der Waals surface area contributed by atoms with Crippen LogP contribution in [0.2, 0.25) is 5.02 Å². The van der Waals surface area contributed by atoms with Crippen molar-refractivity contribution < 1.29 is 18.3 Å². The lowest BCUT2D eigenvalue weighted by atomic mass is 10.0. The first-order valence-corrected chi connectivity index (χ1v) is 10.6. The van der Waals surface area contributed by atoms with E-state index in [2.05, 4.69) is 25.3 Å². The number of anilines is 2. The summed E-state index contributed by atoms with van der Waals surface area (Å²) in [6.07, 6.45) is 0.146. The Bertz CT molecular complexity index is 1140. The molecule has 0 unspecified atom stereocenters. The van der Waals surface area contributed by atoms with E-state index in [1.54, 1.807) is 25.4 Å². The zero-order valence-corrected chi connectivity index (χ0v) is 18.9. The van der Waals surface area contributed by atoms with Crippen LogP contribution >= 0.6 is 11.6 Å². The Morgan fingerprint density at radius 2 is 1.91 bits per heavy atom. The van der Waals surface area contributed by atoms with Crippen LogP contribution in [0.3, 0.4) is 0 Å². The quantitative estimate of drug-likeness (QED) is 0.538. The first-order valence-electron chi connectivity index (χ1n) is 10.3. The van der Waals surface area contributed by atoms with Crippen molar-refractivity contribution in [3.05, 3.63) is 53.3 Å². The maximum atomic E-state index is 13.3. The molecule has 12 heteroatoms. The van der Waals surface area contributed by atoms with Crippen molar-refractivity contribution in [1.29, 1.82) is 0 Å². The first-order chi connectivity index (χ1) is 15.7. The number of ether oxygens (including phenoxy) is 1. The number of hydrogen-bond acceptors (Lipinski definition) is 7. The topological polar surface area (TPSA) is 98.1 Å². The second-order valence-corrected chi connectivity index (χ2v) is 8.20. The summed E-state index contributed by atoms with van der Waals surface area (Å²) in [4.78, 5) is 30.5. The Balaban J connectivity index is 1.55. The monoisotopic (exact) mass is 477 g/mol. The standard InChI is InChI=1S/C21H22ClF2N7O2/c1-11(18(23)24)17-9-33-21(32)31(17)20-28-13(3)27-19(29-20)26-12(2)16-8-30(10-25-16)15-6-4-14(22)5-7-15/h4-8,10-12,17-18H,9H2,1-3H3,(H,26,27,28,29)/t11-,12-,17-/m0/s1. The van der Waals surface area contributed by atoms with Crippen LogP contribution in [0.25, 0.3) is 5.69 Å². The molecule has 2 aromatic heterocycles. The fraction of sp³-hybridized carbons (Fsp3) is 0.381. The zero-order chi connectivity index (χ0) is 23.7. The zero-order valence-electron chi connectivity index (χ0n) is 18.1. The van der Waals surface area contributed by atoms with Crippen molar-refractivity contribution in [2.24, 2.45) is 5.92 Å². The lowest BCUT2D eigenvalue weighted by molar-refractivity contribution is 0.0684. The molecule has 3 heterocycles. The van der Waals surface area contributed by atoms with Gasteiger partial charge in [-0.05, 0) is 38.1 Å². The average molecular weight is 478 g/mol. The Morgan fingerprint density at radius 1 is 1.18 bits per heavy atom. The molecule has 1 saturated heterocycles. The summed E-state index contributed by atoms with van der Waals surface area (Å²) >= 11 is 5.94. The predicted octanol–water partition coefficient (Wildman–Crippen LogP) is 4.42.